The zero-order valence-corrected chi connectivity index (χ0v) is 22.6. The first-order chi connectivity index (χ1) is 19.6. The first kappa shape index (κ1) is 29.7. The zero-order valence-electron chi connectivity index (χ0n) is 22.6. The standard InChI is InChI=1S/C31H30F3NO6/c1-3-40-30(38)27-24-16-20(9-14-26(37)35-23(18-36)15-19-7-5-4-6-8-19)17-25(39-2)29(24)41-28(27)21-10-12-22(13-11-21)31(32,33)34/h4-8,10-13,16-17,23,36H,3,9,14-15,18H2,1-2H3,(H,35,37)/t23-/m0/s1. The largest absolute Gasteiger partial charge is 0.493 e. The molecule has 41 heavy (non-hydrogen) atoms. The van der Waals surface area contributed by atoms with E-state index in [2.05, 4.69) is 5.32 Å². The molecule has 0 radical (unpaired) electrons. The van der Waals surface area contributed by atoms with Crippen LogP contribution in [0.4, 0.5) is 13.2 Å². The summed E-state index contributed by atoms with van der Waals surface area (Å²) in [6, 6.07) is 16.7. The van der Waals surface area contributed by atoms with Gasteiger partial charge in [-0.3, -0.25) is 4.79 Å². The van der Waals surface area contributed by atoms with E-state index in [0.29, 0.717) is 23.1 Å². The molecule has 1 heterocycles. The molecule has 0 bridgehead atoms. The topological polar surface area (TPSA) is 98.0 Å². The Bertz CT molecular complexity index is 1500. The van der Waals surface area contributed by atoms with Crippen molar-refractivity contribution in [3.05, 3.63) is 89.0 Å². The fourth-order valence-electron chi connectivity index (χ4n) is 4.56. The Balaban J connectivity index is 1.62. The SMILES string of the molecule is CCOC(=O)c1c(-c2ccc(C(F)(F)F)cc2)oc2c(OC)cc(CCC(=O)N[C@H](CO)Cc3ccccc3)cc12. The van der Waals surface area contributed by atoms with Gasteiger partial charge in [0, 0.05) is 17.4 Å². The Morgan fingerprint density at radius 3 is 2.34 bits per heavy atom. The van der Waals surface area contributed by atoms with Gasteiger partial charge >= 0.3 is 12.1 Å². The quantitative estimate of drug-likeness (QED) is 0.217. The molecular weight excluding hydrogens is 539 g/mol. The lowest BCUT2D eigenvalue weighted by atomic mass is 10.0. The number of fused-ring (bicyclic) bond motifs is 1. The number of benzene rings is 3. The van der Waals surface area contributed by atoms with Crippen LogP contribution in [-0.4, -0.2) is 43.3 Å². The second-order valence-corrected chi connectivity index (χ2v) is 9.41. The highest BCUT2D eigenvalue weighted by atomic mass is 19.4. The average molecular weight is 570 g/mol. The number of halogens is 3. The van der Waals surface area contributed by atoms with Crippen LogP contribution in [0.25, 0.3) is 22.3 Å². The maximum Gasteiger partial charge on any atom is 0.416 e. The van der Waals surface area contributed by atoms with Gasteiger partial charge in [0.05, 0.1) is 31.9 Å². The lowest BCUT2D eigenvalue weighted by Crippen LogP contribution is -2.39. The normalized spacial score (nSPS) is 12.2. The van der Waals surface area contributed by atoms with Crippen molar-refractivity contribution < 1.29 is 41.8 Å². The van der Waals surface area contributed by atoms with Crippen molar-refractivity contribution in [2.75, 3.05) is 20.3 Å². The summed E-state index contributed by atoms with van der Waals surface area (Å²) in [5, 5.41) is 12.9. The molecule has 4 aromatic rings. The summed E-state index contributed by atoms with van der Waals surface area (Å²) in [5.41, 5.74) is 1.35. The molecule has 1 aromatic heterocycles. The molecule has 7 nitrogen and oxygen atoms in total. The number of nitrogens with one attached hydrogen (secondary N) is 1. The van der Waals surface area contributed by atoms with E-state index in [0.717, 1.165) is 17.7 Å². The van der Waals surface area contributed by atoms with E-state index in [4.69, 9.17) is 13.9 Å². The molecule has 0 saturated carbocycles. The number of aryl methyl sites for hydroxylation is 1. The maximum absolute atomic E-state index is 13.1. The van der Waals surface area contributed by atoms with E-state index in [1.54, 1.807) is 19.1 Å². The maximum atomic E-state index is 13.1. The number of carbonyl (C=O) groups excluding carboxylic acids is 2. The zero-order chi connectivity index (χ0) is 29.6. The summed E-state index contributed by atoms with van der Waals surface area (Å²) in [5.74, 6) is -0.627. The minimum absolute atomic E-state index is 0.0482. The van der Waals surface area contributed by atoms with E-state index in [-0.39, 0.29) is 54.4 Å². The molecule has 216 valence electrons. The van der Waals surface area contributed by atoms with Crippen LogP contribution in [0.3, 0.4) is 0 Å². The summed E-state index contributed by atoms with van der Waals surface area (Å²) >= 11 is 0. The van der Waals surface area contributed by atoms with Gasteiger partial charge in [0.1, 0.15) is 11.3 Å². The van der Waals surface area contributed by atoms with E-state index >= 15 is 0 Å². The van der Waals surface area contributed by atoms with E-state index in [9.17, 15) is 27.9 Å². The Labute approximate surface area is 234 Å². The van der Waals surface area contributed by atoms with Crippen molar-refractivity contribution >= 4 is 22.8 Å². The van der Waals surface area contributed by atoms with Gasteiger partial charge < -0.3 is 24.3 Å². The van der Waals surface area contributed by atoms with Gasteiger partial charge in [-0.05, 0) is 55.2 Å². The second kappa shape index (κ2) is 12.9. The van der Waals surface area contributed by atoms with Crippen LogP contribution in [0.5, 0.6) is 5.75 Å². The summed E-state index contributed by atoms with van der Waals surface area (Å²) < 4.78 is 56.0. The number of aliphatic hydroxyl groups excluding tert-OH is 1. The van der Waals surface area contributed by atoms with Crippen molar-refractivity contribution in [2.24, 2.45) is 0 Å². The number of hydrogen-bond acceptors (Lipinski definition) is 6. The molecule has 0 aliphatic heterocycles. The number of carbonyl (C=O) groups is 2. The van der Waals surface area contributed by atoms with Crippen molar-refractivity contribution in [2.45, 2.75) is 38.4 Å². The van der Waals surface area contributed by atoms with Gasteiger partial charge in [-0.25, -0.2) is 4.79 Å². The third-order valence-corrected chi connectivity index (χ3v) is 6.54. The van der Waals surface area contributed by atoms with Crippen LogP contribution in [-0.2, 0) is 28.5 Å². The van der Waals surface area contributed by atoms with E-state index in [1.807, 2.05) is 30.3 Å². The number of amides is 1. The van der Waals surface area contributed by atoms with Crippen molar-refractivity contribution in [3.63, 3.8) is 0 Å². The molecule has 0 fully saturated rings. The predicted octanol–water partition coefficient (Wildman–Crippen LogP) is 5.96. The third-order valence-electron chi connectivity index (χ3n) is 6.54. The van der Waals surface area contributed by atoms with Crippen molar-refractivity contribution in [3.8, 4) is 17.1 Å². The highest BCUT2D eigenvalue weighted by Crippen LogP contribution is 2.40. The van der Waals surface area contributed by atoms with E-state index < -0.39 is 23.8 Å². The number of rotatable bonds is 11. The minimum atomic E-state index is -4.51. The monoisotopic (exact) mass is 569 g/mol. The van der Waals surface area contributed by atoms with Gasteiger partial charge in [-0.2, -0.15) is 13.2 Å². The number of aliphatic hydroxyl groups is 1. The van der Waals surface area contributed by atoms with Gasteiger partial charge in [-0.15, -0.1) is 0 Å². The van der Waals surface area contributed by atoms with Gasteiger partial charge in [0.2, 0.25) is 5.91 Å². The molecule has 0 spiro atoms. The highest BCUT2D eigenvalue weighted by Gasteiger charge is 2.31. The molecular formula is C31H30F3NO6. The first-order valence-corrected chi connectivity index (χ1v) is 13.1. The Kier molecular flexibility index (Phi) is 9.34. The lowest BCUT2D eigenvalue weighted by molar-refractivity contribution is -0.137. The molecule has 1 atom stereocenters. The van der Waals surface area contributed by atoms with Crippen LogP contribution in [0.1, 0.15) is 40.4 Å². The third kappa shape index (κ3) is 7.07. The summed E-state index contributed by atoms with van der Waals surface area (Å²) in [6.07, 6.45) is -3.66. The fraction of sp³-hybridized carbons (Fsp3) is 0.290. The summed E-state index contributed by atoms with van der Waals surface area (Å²) in [6.45, 7) is 1.50. The molecule has 4 rings (SSSR count). The van der Waals surface area contributed by atoms with Crippen LogP contribution in [0.2, 0.25) is 0 Å². The lowest BCUT2D eigenvalue weighted by Gasteiger charge is -2.16. The van der Waals surface area contributed by atoms with Crippen LogP contribution in [0.15, 0.2) is 71.1 Å². The van der Waals surface area contributed by atoms with Gasteiger partial charge in [0.25, 0.3) is 0 Å². The van der Waals surface area contributed by atoms with Crippen LogP contribution >= 0.6 is 0 Å². The molecule has 10 heteroatoms. The van der Waals surface area contributed by atoms with Crippen molar-refractivity contribution in [1.82, 2.24) is 5.32 Å². The highest BCUT2D eigenvalue weighted by molar-refractivity contribution is 6.10. The molecule has 1 amide bonds. The number of alkyl halides is 3. The van der Waals surface area contributed by atoms with Crippen molar-refractivity contribution in [1.29, 1.82) is 0 Å². The average Bonchev–Trinajstić information content (AvgIpc) is 3.35. The van der Waals surface area contributed by atoms with Crippen LogP contribution in [0, 0.1) is 0 Å². The van der Waals surface area contributed by atoms with E-state index in [1.165, 1.54) is 19.2 Å². The Morgan fingerprint density at radius 1 is 1.02 bits per heavy atom. The number of hydrogen-bond donors (Lipinski definition) is 2. The molecule has 0 saturated heterocycles. The Morgan fingerprint density at radius 2 is 1.73 bits per heavy atom. The Hall–Kier alpha value is -4.31. The second-order valence-electron chi connectivity index (χ2n) is 9.41. The molecule has 0 unspecified atom stereocenters. The van der Waals surface area contributed by atoms with Gasteiger partial charge in [0.15, 0.2) is 11.3 Å². The smallest absolute Gasteiger partial charge is 0.416 e. The van der Waals surface area contributed by atoms with Gasteiger partial charge in [-0.1, -0.05) is 42.5 Å². The predicted molar refractivity (Wildman–Crippen MR) is 147 cm³/mol. The number of methoxy groups -OCH3 is 1. The molecule has 0 aliphatic carbocycles. The van der Waals surface area contributed by atoms with Crippen LogP contribution < -0.4 is 10.1 Å². The minimum Gasteiger partial charge on any atom is -0.493 e. The number of esters is 1. The first-order valence-electron chi connectivity index (χ1n) is 13.1. The summed E-state index contributed by atoms with van der Waals surface area (Å²) in [4.78, 5) is 25.7. The number of furan rings is 1. The molecule has 2 N–H and O–H groups in total. The molecule has 3 aromatic carbocycles. The summed E-state index contributed by atoms with van der Waals surface area (Å²) in [7, 11) is 1.42. The number of ether oxygens (including phenoxy) is 2. The fourth-order valence-corrected chi connectivity index (χ4v) is 4.56. The molecule has 0 aliphatic rings.